The van der Waals surface area contributed by atoms with E-state index in [2.05, 4.69) is 5.32 Å². The molecule has 4 nitrogen and oxygen atoms in total. The van der Waals surface area contributed by atoms with Gasteiger partial charge in [-0.05, 0) is 24.1 Å². The third kappa shape index (κ3) is 5.32. The van der Waals surface area contributed by atoms with Crippen LogP contribution >= 0.6 is 0 Å². The molecule has 0 unspecified atom stereocenters. The summed E-state index contributed by atoms with van der Waals surface area (Å²) in [6.07, 6.45) is 2.51. The van der Waals surface area contributed by atoms with Gasteiger partial charge in [0.1, 0.15) is 0 Å². The number of carbonyl (C=O) groups excluding carboxylic acids is 3. The van der Waals surface area contributed by atoms with Crippen molar-refractivity contribution in [2.24, 2.45) is 0 Å². The minimum absolute atomic E-state index is 0.294. The molecule has 1 amide bonds. The molecule has 0 heterocycles. The molecule has 2 aromatic rings. The van der Waals surface area contributed by atoms with Crippen molar-refractivity contribution in [3.05, 3.63) is 77.9 Å². The highest BCUT2D eigenvalue weighted by atomic mass is 16.2. The molecule has 0 saturated carbocycles. The SMILES string of the molecule is C[C@@H](NC(=O)C(=O)CC(=O)/C=C/c1ccccc1)c1ccccc1. The van der Waals surface area contributed by atoms with Crippen LogP contribution < -0.4 is 5.32 Å². The van der Waals surface area contributed by atoms with Gasteiger partial charge in [0, 0.05) is 0 Å². The highest BCUT2D eigenvalue weighted by molar-refractivity contribution is 6.40. The minimum atomic E-state index is -0.743. The molecule has 0 aromatic heterocycles. The van der Waals surface area contributed by atoms with Crippen molar-refractivity contribution in [3.8, 4) is 0 Å². The van der Waals surface area contributed by atoms with Crippen LogP contribution in [0.15, 0.2) is 66.7 Å². The average Bonchev–Trinajstić information content (AvgIpc) is 2.61. The van der Waals surface area contributed by atoms with Crippen molar-refractivity contribution in [2.45, 2.75) is 19.4 Å². The van der Waals surface area contributed by atoms with E-state index in [4.69, 9.17) is 0 Å². The lowest BCUT2D eigenvalue weighted by atomic mass is 10.1. The Bertz CT molecular complexity index is 736. The maximum absolute atomic E-state index is 11.9. The minimum Gasteiger partial charge on any atom is -0.343 e. The van der Waals surface area contributed by atoms with E-state index in [1.165, 1.54) is 6.08 Å². The molecule has 0 aliphatic heterocycles. The first kappa shape index (κ1) is 17.3. The van der Waals surface area contributed by atoms with Crippen LogP contribution in [0, 0.1) is 0 Å². The zero-order valence-corrected chi connectivity index (χ0v) is 13.4. The lowest BCUT2D eigenvalue weighted by Gasteiger charge is -2.13. The van der Waals surface area contributed by atoms with Gasteiger partial charge in [-0.3, -0.25) is 14.4 Å². The van der Waals surface area contributed by atoms with Gasteiger partial charge in [0.15, 0.2) is 5.78 Å². The highest BCUT2D eigenvalue weighted by Gasteiger charge is 2.18. The number of benzene rings is 2. The molecular weight excluding hydrogens is 302 g/mol. The average molecular weight is 321 g/mol. The molecule has 0 aliphatic carbocycles. The first-order valence-electron chi connectivity index (χ1n) is 7.71. The monoisotopic (exact) mass is 321 g/mol. The van der Waals surface area contributed by atoms with Gasteiger partial charge in [-0.15, -0.1) is 0 Å². The fourth-order valence-electron chi connectivity index (χ4n) is 2.15. The second kappa shape index (κ2) is 8.58. The van der Waals surface area contributed by atoms with Gasteiger partial charge in [-0.1, -0.05) is 66.7 Å². The predicted molar refractivity (Wildman–Crippen MR) is 93.1 cm³/mol. The van der Waals surface area contributed by atoms with Crippen LogP contribution in [0.5, 0.6) is 0 Å². The van der Waals surface area contributed by atoms with Crippen LogP contribution in [0.4, 0.5) is 0 Å². The van der Waals surface area contributed by atoms with E-state index < -0.39 is 23.9 Å². The van der Waals surface area contributed by atoms with Crippen molar-refractivity contribution in [2.75, 3.05) is 0 Å². The Labute approximate surface area is 141 Å². The van der Waals surface area contributed by atoms with E-state index in [0.717, 1.165) is 11.1 Å². The van der Waals surface area contributed by atoms with Gasteiger partial charge in [-0.25, -0.2) is 0 Å². The van der Waals surface area contributed by atoms with Gasteiger partial charge >= 0.3 is 0 Å². The van der Waals surface area contributed by atoms with Crippen LogP contribution in [0.25, 0.3) is 6.08 Å². The zero-order chi connectivity index (χ0) is 17.4. The number of Topliss-reactive ketones (excluding diaryl/α,β-unsaturated/α-hetero) is 1. The summed E-state index contributed by atoms with van der Waals surface area (Å²) in [6, 6.07) is 18.3. The fraction of sp³-hybridized carbons (Fsp3) is 0.150. The maximum atomic E-state index is 11.9. The van der Waals surface area contributed by atoms with E-state index in [-0.39, 0.29) is 6.04 Å². The molecule has 0 fully saturated rings. The molecule has 1 N–H and O–H groups in total. The summed E-state index contributed by atoms with van der Waals surface area (Å²) >= 11 is 0. The number of hydrogen-bond acceptors (Lipinski definition) is 3. The van der Waals surface area contributed by atoms with E-state index in [1.807, 2.05) is 60.7 Å². The quantitative estimate of drug-likeness (QED) is 0.484. The third-order valence-electron chi connectivity index (χ3n) is 3.50. The Morgan fingerprint density at radius 2 is 1.54 bits per heavy atom. The normalized spacial score (nSPS) is 11.9. The summed E-state index contributed by atoms with van der Waals surface area (Å²) < 4.78 is 0. The van der Waals surface area contributed by atoms with Crippen molar-refractivity contribution in [3.63, 3.8) is 0 Å². The summed E-state index contributed by atoms with van der Waals surface area (Å²) in [5.74, 6) is -1.88. The molecular formula is C20H19NO3. The number of nitrogens with one attached hydrogen (secondary N) is 1. The lowest BCUT2D eigenvalue weighted by Crippen LogP contribution is -2.34. The predicted octanol–water partition coefficient (Wildman–Crippen LogP) is 3.11. The van der Waals surface area contributed by atoms with Crippen molar-refractivity contribution >= 4 is 23.5 Å². The van der Waals surface area contributed by atoms with Crippen molar-refractivity contribution in [1.82, 2.24) is 5.32 Å². The molecule has 0 bridgehead atoms. The van der Waals surface area contributed by atoms with Crippen LogP contribution in [-0.4, -0.2) is 17.5 Å². The molecule has 24 heavy (non-hydrogen) atoms. The molecule has 0 radical (unpaired) electrons. The number of hydrogen-bond donors (Lipinski definition) is 1. The molecule has 0 spiro atoms. The Kier molecular flexibility index (Phi) is 6.20. The Morgan fingerprint density at radius 3 is 2.17 bits per heavy atom. The molecule has 2 aromatic carbocycles. The third-order valence-corrected chi connectivity index (χ3v) is 3.50. The molecule has 0 saturated heterocycles. The van der Waals surface area contributed by atoms with Gasteiger partial charge in [0.2, 0.25) is 5.78 Å². The van der Waals surface area contributed by atoms with Crippen molar-refractivity contribution in [1.29, 1.82) is 0 Å². The van der Waals surface area contributed by atoms with Crippen LogP contribution in [0.2, 0.25) is 0 Å². The first-order valence-corrected chi connectivity index (χ1v) is 7.71. The van der Waals surface area contributed by atoms with Crippen LogP contribution in [0.1, 0.15) is 30.5 Å². The molecule has 122 valence electrons. The molecule has 1 atom stereocenters. The smallest absolute Gasteiger partial charge is 0.288 e. The van der Waals surface area contributed by atoms with Gasteiger partial charge in [0.05, 0.1) is 12.5 Å². The largest absolute Gasteiger partial charge is 0.343 e. The number of allylic oxidation sites excluding steroid dienone is 1. The summed E-state index contributed by atoms with van der Waals surface area (Å²) in [7, 11) is 0. The Balaban J connectivity index is 1.86. The van der Waals surface area contributed by atoms with E-state index in [1.54, 1.807) is 13.0 Å². The van der Waals surface area contributed by atoms with Crippen molar-refractivity contribution < 1.29 is 14.4 Å². The number of carbonyl (C=O) groups is 3. The number of amides is 1. The second-order valence-corrected chi connectivity index (χ2v) is 5.42. The van der Waals surface area contributed by atoms with E-state index in [0.29, 0.717) is 0 Å². The standard InChI is InChI=1S/C20H19NO3/c1-15(17-10-6-3-7-11-17)21-20(24)19(23)14-18(22)13-12-16-8-4-2-5-9-16/h2-13,15H,14H2,1H3,(H,21,24)/b13-12+/t15-/m1/s1. The second-order valence-electron chi connectivity index (χ2n) is 5.42. The van der Waals surface area contributed by atoms with Gasteiger partial charge < -0.3 is 5.32 Å². The zero-order valence-electron chi connectivity index (χ0n) is 13.4. The topological polar surface area (TPSA) is 63.2 Å². The molecule has 0 aliphatic rings. The summed E-state index contributed by atoms with van der Waals surface area (Å²) in [5.41, 5.74) is 1.76. The van der Waals surface area contributed by atoms with Gasteiger partial charge in [0.25, 0.3) is 5.91 Å². The molecule has 4 heteroatoms. The highest BCUT2D eigenvalue weighted by Crippen LogP contribution is 2.11. The summed E-state index contributed by atoms with van der Waals surface area (Å²) in [6.45, 7) is 1.79. The van der Waals surface area contributed by atoms with Gasteiger partial charge in [-0.2, -0.15) is 0 Å². The number of rotatable bonds is 7. The molecule has 2 rings (SSSR count). The van der Waals surface area contributed by atoms with Crippen LogP contribution in [0.3, 0.4) is 0 Å². The van der Waals surface area contributed by atoms with E-state index in [9.17, 15) is 14.4 Å². The first-order chi connectivity index (χ1) is 11.6. The summed E-state index contributed by atoms with van der Waals surface area (Å²) in [5, 5.41) is 2.61. The Morgan fingerprint density at radius 1 is 0.958 bits per heavy atom. The lowest BCUT2D eigenvalue weighted by molar-refractivity contribution is -0.139. The van der Waals surface area contributed by atoms with Crippen LogP contribution in [-0.2, 0) is 14.4 Å². The summed E-state index contributed by atoms with van der Waals surface area (Å²) in [4.78, 5) is 35.6. The Hall–Kier alpha value is -3.01. The fourth-order valence-corrected chi connectivity index (χ4v) is 2.15. The number of ketones is 2. The maximum Gasteiger partial charge on any atom is 0.288 e. The van der Waals surface area contributed by atoms with E-state index >= 15 is 0 Å².